The van der Waals surface area contributed by atoms with Crippen molar-refractivity contribution in [2.24, 2.45) is 0 Å². The van der Waals surface area contributed by atoms with Crippen molar-refractivity contribution in [3.05, 3.63) is 93.8 Å². The van der Waals surface area contributed by atoms with Crippen molar-refractivity contribution in [1.29, 1.82) is 0 Å². The smallest absolute Gasteiger partial charge is 0.277 e. The average Bonchev–Trinajstić information content (AvgIpc) is 3.43. The fourth-order valence-electron chi connectivity index (χ4n) is 3.72. The van der Waals surface area contributed by atoms with Crippen molar-refractivity contribution in [1.82, 2.24) is 24.3 Å². The average molecular weight is 427 g/mol. The molecule has 160 valence electrons. The maximum Gasteiger partial charge on any atom is 0.277 e. The van der Waals surface area contributed by atoms with Gasteiger partial charge in [0.2, 0.25) is 0 Å². The van der Waals surface area contributed by atoms with Gasteiger partial charge in [0.1, 0.15) is 5.52 Å². The third-order valence-electron chi connectivity index (χ3n) is 5.60. The second kappa shape index (κ2) is 7.90. The molecule has 0 radical (unpaired) electrons. The lowest BCUT2D eigenvalue weighted by molar-refractivity contribution is 0.283. The molecule has 8 nitrogen and oxygen atoms in total. The van der Waals surface area contributed by atoms with Crippen molar-refractivity contribution >= 4 is 5.52 Å². The van der Waals surface area contributed by atoms with Crippen LogP contribution in [0.25, 0.3) is 28.2 Å². The summed E-state index contributed by atoms with van der Waals surface area (Å²) >= 11 is 0. The zero-order chi connectivity index (χ0) is 22.2. The van der Waals surface area contributed by atoms with E-state index in [4.69, 9.17) is 4.52 Å². The van der Waals surface area contributed by atoms with E-state index in [1.165, 1.54) is 14.6 Å². The van der Waals surface area contributed by atoms with Crippen LogP contribution in [0.2, 0.25) is 0 Å². The summed E-state index contributed by atoms with van der Waals surface area (Å²) in [5, 5.41) is 18.6. The highest BCUT2D eigenvalue weighted by molar-refractivity contribution is 5.72. The minimum Gasteiger partial charge on any atom is -0.392 e. The Kier molecular flexibility index (Phi) is 4.91. The molecular formula is C24H21N5O3. The lowest BCUT2D eigenvalue weighted by atomic mass is 10.1. The third kappa shape index (κ3) is 3.40. The number of nitrogens with zero attached hydrogens (tertiary/aromatic N) is 5. The normalized spacial score (nSPS) is 11.3. The molecule has 0 spiro atoms. The van der Waals surface area contributed by atoms with Gasteiger partial charge in [-0.3, -0.25) is 4.79 Å². The first-order chi connectivity index (χ1) is 15.5. The summed E-state index contributed by atoms with van der Waals surface area (Å²) in [6.45, 7) is 3.91. The van der Waals surface area contributed by atoms with Crippen LogP contribution in [-0.2, 0) is 13.2 Å². The predicted octanol–water partition coefficient (Wildman–Crippen LogP) is 3.37. The molecule has 0 saturated carbocycles. The standard InChI is InChI=1S/C24H21N5O3/c1-15-8-9-18(12-16(15)2)23-25-20(27-32-23)13-28-10-11-29-22(24(28)31)19(14-30)21(26-29)17-6-4-3-5-7-17/h3-12,30H,13-14H2,1-2H3. The fourth-order valence-corrected chi connectivity index (χ4v) is 3.72. The van der Waals surface area contributed by atoms with E-state index >= 15 is 0 Å². The second-order valence-electron chi connectivity index (χ2n) is 7.69. The molecule has 8 heteroatoms. The zero-order valence-corrected chi connectivity index (χ0v) is 17.7. The summed E-state index contributed by atoms with van der Waals surface area (Å²) in [4.78, 5) is 17.7. The highest BCUT2D eigenvalue weighted by atomic mass is 16.5. The molecule has 1 N–H and O–H groups in total. The zero-order valence-electron chi connectivity index (χ0n) is 17.7. The number of fused-ring (bicyclic) bond motifs is 1. The molecule has 0 atom stereocenters. The summed E-state index contributed by atoms with van der Waals surface area (Å²) in [5.41, 5.74) is 5.09. The van der Waals surface area contributed by atoms with Crippen LogP contribution in [0, 0.1) is 13.8 Å². The lowest BCUT2D eigenvalue weighted by Crippen LogP contribution is -2.23. The molecule has 3 heterocycles. The summed E-state index contributed by atoms with van der Waals surface area (Å²) in [5.74, 6) is 0.794. The van der Waals surface area contributed by atoms with Crippen LogP contribution >= 0.6 is 0 Å². The largest absolute Gasteiger partial charge is 0.392 e. The van der Waals surface area contributed by atoms with E-state index in [0.717, 1.165) is 16.7 Å². The Labute approximate surface area is 183 Å². The molecule has 0 amide bonds. The molecule has 5 aromatic rings. The van der Waals surface area contributed by atoms with Gasteiger partial charge < -0.3 is 14.2 Å². The molecule has 0 bridgehead atoms. The predicted molar refractivity (Wildman–Crippen MR) is 119 cm³/mol. The van der Waals surface area contributed by atoms with Crippen LogP contribution in [0.3, 0.4) is 0 Å². The van der Waals surface area contributed by atoms with Gasteiger partial charge in [0.05, 0.1) is 18.8 Å². The van der Waals surface area contributed by atoms with Crippen LogP contribution in [0.1, 0.15) is 22.5 Å². The molecule has 0 aliphatic carbocycles. The number of benzene rings is 2. The van der Waals surface area contributed by atoms with Gasteiger partial charge in [-0.2, -0.15) is 10.1 Å². The highest BCUT2D eigenvalue weighted by Gasteiger charge is 2.18. The van der Waals surface area contributed by atoms with Crippen molar-refractivity contribution in [3.8, 4) is 22.7 Å². The summed E-state index contributed by atoms with van der Waals surface area (Å²) in [6.07, 6.45) is 3.32. The first kappa shape index (κ1) is 19.9. The topological polar surface area (TPSA) is 98.5 Å². The van der Waals surface area contributed by atoms with Crippen LogP contribution in [-0.4, -0.2) is 29.4 Å². The van der Waals surface area contributed by atoms with E-state index in [2.05, 4.69) is 15.2 Å². The van der Waals surface area contributed by atoms with E-state index in [1.807, 2.05) is 62.4 Å². The molecule has 0 aliphatic heterocycles. The van der Waals surface area contributed by atoms with E-state index < -0.39 is 0 Å². The maximum absolute atomic E-state index is 13.2. The molecule has 0 saturated heterocycles. The second-order valence-corrected chi connectivity index (χ2v) is 7.69. The van der Waals surface area contributed by atoms with Crippen LogP contribution in [0.15, 0.2) is 70.2 Å². The summed E-state index contributed by atoms with van der Waals surface area (Å²) in [6, 6.07) is 15.4. The van der Waals surface area contributed by atoms with Crippen molar-refractivity contribution < 1.29 is 9.63 Å². The number of rotatable bonds is 5. The number of aromatic nitrogens is 5. The highest BCUT2D eigenvalue weighted by Crippen LogP contribution is 2.25. The Balaban J connectivity index is 1.52. The summed E-state index contributed by atoms with van der Waals surface area (Å²) < 4.78 is 8.41. The van der Waals surface area contributed by atoms with Crippen LogP contribution in [0.5, 0.6) is 0 Å². The molecule has 0 unspecified atom stereocenters. The van der Waals surface area contributed by atoms with Crippen molar-refractivity contribution in [3.63, 3.8) is 0 Å². The minimum absolute atomic E-state index is 0.139. The number of aliphatic hydroxyl groups is 1. The third-order valence-corrected chi connectivity index (χ3v) is 5.60. The minimum atomic E-state index is -0.299. The maximum atomic E-state index is 13.2. The molecule has 3 aromatic heterocycles. The van der Waals surface area contributed by atoms with Crippen LogP contribution in [0.4, 0.5) is 0 Å². The number of aliphatic hydroxyl groups excluding tert-OH is 1. The van der Waals surface area contributed by atoms with Gasteiger partial charge in [0.15, 0.2) is 5.82 Å². The molecule has 5 rings (SSSR count). The van der Waals surface area contributed by atoms with E-state index in [9.17, 15) is 9.90 Å². The number of hydrogen-bond donors (Lipinski definition) is 1. The van der Waals surface area contributed by atoms with Gasteiger partial charge >= 0.3 is 0 Å². The quantitative estimate of drug-likeness (QED) is 0.462. The monoisotopic (exact) mass is 427 g/mol. The Bertz CT molecular complexity index is 1480. The van der Waals surface area contributed by atoms with Gasteiger partial charge in [-0.05, 0) is 37.1 Å². The summed E-state index contributed by atoms with van der Waals surface area (Å²) in [7, 11) is 0. The Morgan fingerprint density at radius 2 is 1.81 bits per heavy atom. The van der Waals surface area contributed by atoms with Crippen LogP contribution < -0.4 is 5.56 Å². The van der Waals surface area contributed by atoms with E-state index in [1.54, 1.807) is 12.4 Å². The van der Waals surface area contributed by atoms with Gasteiger partial charge in [-0.1, -0.05) is 41.6 Å². The molecule has 0 aliphatic rings. The molecule has 0 fully saturated rings. The first-order valence-electron chi connectivity index (χ1n) is 10.2. The SMILES string of the molecule is Cc1ccc(-c2nc(Cn3ccn4nc(-c5ccccc5)c(CO)c4c3=O)no2)cc1C. The molecule has 32 heavy (non-hydrogen) atoms. The number of hydrogen-bond acceptors (Lipinski definition) is 6. The Morgan fingerprint density at radius 1 is 1.00 bits per heavy atom. The van der Waals surface area contributed by atoms with Gasteiger partial charge in [-0.25, -0.2) is 4.52 Å². The fraction of sp³-hybridized carbons (Fsp3) is 0.167. The Hall–Kier alpha value is -4.04. The van der Waals surface area contributed by atoms with Gasteiger partial charge in [0, 0.05) is 29.1 Å². The van der Waals surface area contributed by atoms with E-state index in [0.29, 0.717) is 28.5 Å². The number of aryl methyl sites for hydroxylation is 2. The molecular weight excluding hydrogens is 406 g/mol. The first-order valence-corrected chi connectivity index (χ1v) is 10.2. The Morgan fingerprint density at radius 3 is 2.56 bits per heavy atom. The van der Waals surface area contributed by atoms with Gasteiger partial charge in [0.25, 0.3) is 11.4 Å². The van der Waals surface area contributed by atoms with E-state index in [-0.39, 0.29) is 18.7 Å². The lowest BCUT2D eigenvalue weighted by Gasteiger charge is -2.03. The van der Waals surface area contributed by atoms with Crippen molar-refractivity contribution in [2.75, 3.05) is 0 Å². The van der Waals surface area contributed by atoms with Gasteiger partial charge in [-0.15, -0.1) is 0 Å². The molecule has 2 aromatic carbocycles. The van der Waals surface area contributed by atoms with Crippen molar-refractivity contribution in [2.45, 2.75) is 27.0 Å².